The van der Waals surface area contributed by atoms with Crippen molar-refractivity contribution in [3.05, 3.63) is 60.2 Å². The molecule has 0 fully saturated rings. The van der Waals surface area contributed by atoms with E-state index in [0.717, 1.165) is 17.7 Å². The van der Waals surface area contributed by atoms with Crippen LogP contribution in [0.4, 0.5) is 18.9 Å². The summed E-state index contributed by atoms with van der Waals surface area (Å²) in [6.45, 7) is 4.82. The highest BCUT2D eigenvalue weighted by Crippen LogP contribution is 2.31. The van der Waals surface area contributed by atoms with Gasteiger partial charge in [-0.25, -0.2) is 0 Å². The molecule has 0 aliphatic rings. The average molecular weight is 434 g/mol. The minimum atomic E-state index is -4.46. The summed E-state index contributed by atoms with van der Waals surface area (Å²) in [6, 6.07) is 14.2. The van der Waals surface area contributed by atoms with Crippen LogP contribution < -0.4 is 5.32 Å². The molecule has 3 aromatic rings. The van der Waals surface area contributed by atoms with Crippen molar-refractivity contribution < 1.29 is 18.0 Å². The monoisotopic (exact) mass is 434 g/mol. The van der Waals surface area contributed by atoms with Gasteiger partial charge in [0.1, 0.15) is 0 Å². The molecule has 0 unspecified atom stereocenters. The number of benzene rings is 2. The van der Waals surface area contributed by atoms with Gasteiger partial charge in [-0.1, -0.05) is 62.0 Å². The van der Waals surface area contributed by atoms with Gasteiger partial charge < -0.3 is 9.88 Å². The van der Waals surface area contributed by atoms with Gasteiger partial charge in [0.15, 0.2) is 11.0 Å². The zero-order valence-corrected chi connectivity index (χ0v) is 17.3. The summed E-state index contributed by atoms with van der Waals surface area (Å²) in [5, 5.41) is 11.6. The molecule has 1 N–H and O–H groups in total. The van der Waals surface area contributed by atoms with Crippen LogP contribution >= 0.6 is 11.8 Å². The van der Waals surface area contributed by atoms with Gasteiger partial charge in [-0.05, 0) is 24.1 Å². The van der Waals surface area contributed by atoms with Crippen molar-refractivity contribution in [1.29, 1.82) is 0 Å². The van der Waals surface area contributed by atoms with Gasteiger partial charge in [-0.3, -0.25) is 4.79 Å². The van der Waals surface area contributed by atoms with Gasteiger partial charge in [0.05, 0.1) is 11.3 Å². The maximum Gasteiger partial charge on any atom is 0.416 e. The molecule has 0 aliphatic carbocycles. The van der Waals surface area contributed by atoms with Crippen molar-refractivity contribution >= 4 is 23.4 Å². The molecule has 0 aliphatic heterocycles. The molecule has 3 rings (SSSR count). The molecule has 0 atom stereocenters. The Kier molecular flexibility index (Phi) is 6.81. The third-order valence-corrected chi connectivity index (χ3v) is 5.07. The molecule has 30 heavy (non-hydrogen) atoms. The molecule has 0 radical (unpaired) electrons. The molecule has 5 nitrogen and oxygen atoms in total. The molecule has 0 saturated heterocycles. The SMILES string of the molecule is CC(C)Cn1c(SCC(=O)Nc2cccc(C(F)(F)F)c2)nnc1-c1ccccc1. The summed E-state index contributed by atoms with van der Waals surface area (Å²) in [5.41, 5.74) is 0.215. The predicted octanol–water partition coefficient (Wildman–Crippen LogP) is 5.35. The molecular formula is C21H21F3N4OS. The van der Waals surface area contributed by atoms with E-state index in [4.69, 9.17) is 0 Å². The van der Waals surface area contributed by atoms with Crippen LogP contribution in [0.2, 0.25) is 0 Å². The third-order valence-electron chi connectivity index (χ3n) is 4.10. The van der Waals surface area contributed by atoms with E-state index < -0.39 is 17.6 Å². The first-order chi connectivity index (χ1) is 14.2. The lowest BCUT2D eigenvalue weighted by Crippen LogP contribution is -2.16. The van der Waals surface area contributed by atoms with E-state index in [1.165, 1.54) is 23.9 Å². The van der Waals surface area contributed by atoms with Gasteiger partial charge in [0, 0.05) is 17.8 Å². The van der Waals surface area contributed by atoms with E-state index in [0.29, 0.717) is 23.4 Å². The molecule has 9 heteroatoms. The summed E-state index contributed by atoms with van der Waals surface area (Å²) in [7, 11) is 0. The molecule has 0 bridgehead atoms. The summed E-state index contributed by atoms with van der Waals surface area (Å²) in [4.78, 5) is 12.3. The standard InChI is InChI=1S/C21H21F3N4OS/c1-14(2)12-28-19(15-7-4-3-5-8-15)26-27-20(28)30-13-18(29)25-17-10-6-9-16(11-17)21(22,23)24/h3-11,14H,12-13H2,1-2H3,(H,25,29). The molecular weight excluding hydrogens is 413 g/mol. The summed E-state index contributed by atoms with van der Waals surface area (Å²) in [6.07, 6.45) is -4.46. The van der Waals surface area contributed by atoms with Gasteiger partial charge in [-0.15, -0.1) is 10.2 Å². The van der Waals surface area contributed by atoms with Crippen LogP contribution in [0.3, 0.4) is 0 Å². The maximum atomic E-state index is 12.8. The Bertz CT molecular complexity index is 1000. The number of rotatable bonds is 7. The quantitative estimate of drug-likeness (QED) is 0.509. The van der Waals surface area contributed by atoms with Crippen LogP contribution in [0.1, 0.15) is 19.4 Å². The first-order valence-electron chi connectivity index (χ1n) is 9.32. The summed E-state index contributed by atoms with van der Waals surface area (Å²) >= 11 is 1.20. The van der Waals surface area contributed by atoms with Crippen molar-refractivity contribution in [1.82, 2.24) is 14.8 Å². The Morgan fingerprint density at radius 3 is 2.50 bits per heavy atom. The Hall–Kier alpha value is -2.81. The van der Waals surface area contributed by atoms with E-state index in [1.54, 1.807) is 0 Å². The summed E-state index contributed by atoms with van der Waals surface area (Å²) < 4.78 is 40.5. The van der Waals surface area contributed by atoms with Crippen molar-refractivity contribution in [3.8, 4) is 11.4 Å². The van der Waals surface area contributed by atoms with Crippen LogP contribution in [0, 0.1) is 5.92 Å². The number of hydrogen-bond acceptors (Lipinski definition) is 4. The molecule has 1 amide bonds. The van der Waals surface area contributed by atoms with Crippen LogP contribution in [-0.2, 0) is 17.5 Å². The lowest BCUT2D eigenvalue weighted by atomic mass is 10.2. The number of nitrogens with zero attached hydrogens (tertiary/aromatic N) is 3. The summed E-state index contributed by atoms with van der Waals surface area (Å²) in [5.74, 6) is 0.632. The maximum absolute atomic E-state index is 12.8. The number of carbonyl (C=O) groups is 1. The van der Waals surface area contributed by atoms with E-state index >= 15 is 0 Å². The molecule has 1 aromatic heterocycles. The van der Waals surface area contributed by atoms with Gasteiger partial charge in [-0.2, -0.15) is 13.2 Å². The molecule has 0 saturated carbocycles. The van der Waals surface area contributed by atoms with E-state index in [1.807, 2.05) is 34.9 Å². The number of anilines is 1. The highest BCUT2D eigenvalue weighted by Gasteiger charge is 2.30. The van der Waals surface area contributed by atoms with Crippen molar-refractivity contribution in [2.24, 2.45) is 5.92 Å². The second kappa shape index (κ2) is 9.34. The lowest BCUT2D eigenvalue weighted by Gasteiger charge is -2.13. The van der Waals surface area contributed by atoms with Crippen molar-refractivity contribution in [2.75, 3.05) is 11.1 Å². The number of alkyl halides is 3. The smallest absolute Gasteiger partial charge is 0.325 e. The van der Waals surface area contributed by atoms with Crippen LogP contribution in [-0.4, -0.2) is 26.4 Å². The van der Waals surface area contributed by atoms with Crippen LogP contribution in [0.25, 0.3) is 11.4 Å². The van der Waals surface area contributed by atoms with E-state index in [9.17, 15) is 18.0 Å². The molecule has 1 heterocycles. The van der Waals surface area contributed by atoms with Gasteiger partial charge in [0.25, 0.3) is 0 Å². The van der Waals surface area contributed by atoms with E-state index in [2.05, 4.69) is 29.4 Å². The Labute approximate surface area is 176 Å². The minimum absolute atomic E-state index is 0.00125. The number of carbonyl (C=O) groups excluding carboxylic acids is 1. The molecule has 158 valence electrons. The second-order valence-corrected chi connectivity index (χ2v) is 8.03. The fourth-order valence-corrected chi connectivity index (χ4v) is 3.57. The topological polar surface area (TPSA) is 59.8 Å². The zero-order valence-electron chi connectivity index (χ0n) is 16.5. The largest absolute Gasteiger partial charge is 0.416 e. The molecule has 2 aromatic carbocycles. The van der Waals surface area contributed by atoms with Crippen molar-refractivity contribution in [2.45, 2.75) is 31.7 Å². The van der Waals surface area contributed by atoms with Crippen molar-refractivity contribution in [3.63, 3.8) is 0 Å². The lowest BCUT2D eigenvalue weighted by molar-refractivity contribution is -0.137. The zero-order chi connectivity index (χ0) is 21.7. The number of amides is 1. The average Bonchev–Trinajstić information content (AvgIpc) is 3.08. The van der Waals surface area contributed by atoms with Gasteiger partial charge >= 0.3 is 6.18 Å². The Morgan fingerprint density at radius 1 is 1.10 bits per heavy atom. The highest BCUT2D eigenvalue weighted by molar-refractivity contribution is 7.99. The fraction of sp³-hybridized carbons (Fsp3) is 0.286. The first-order valence-corrected chi connectivity index (χ1v) is 10.3. The third kappa shape index (κ3) is 5.63. The fourth-order valence-electron chi connectivity index (χ4n) is 2.83. The predicted molar refractivity (Wildman–Crippen MR) is 111 cm³/mol. The number of aromatic nitrogens is 3. The van der Waals surface area contributed by atoms with Gasteiger partial charge in [0.2, 0.25) is 5.91 Å². The highest BCUT2D eigenvalue weighted by atomic mass is 32.2. The Morgan fingerprint density at radius 2 is 1.83 bits per heavy atom. The Balaban J connectivity index is 1.71. The first kappa shape index (κ1) is 21.9. The number of hydrogen-bond donors (Lipinski definition) is 1. The number of halogens is 3. The second-order valence-electron chi connectivity index (χ2n) is 7.09. The minimum Gasteiger partial charge on any atom is -0.325 e. The number of nitrogens with one attached hydrogen (secondary N) is 1. The normalized spacial score (nSPS) is 11.7. The van der Waals surface area contributed by atoms with E-state index in [-0.39, 0.29) is 11.4 Å². The number of thioether (sulfide) groups is 1. The molecule has 0 spiro atoms. The van der Waals surface area contributed by atoms with Crippen LogP contribution in [0.5, 0.6) is 0 Å². The van der Waals surface area contributed by atoms with Crippen LogP contribution in [0.15, 0.2) is 59.8 Å².